The molecule has 2 rings (SSSR count). The Morgan fingerprint density at radius 1 is 1.23 bits per heavy atom. The minimum Gasteiger partial charge on any atom is -0.598 e. The van der Waals surface area contributed by atoms with Gasteiger partial charge in [0.25, 0.3) is 0 Å². The Labute approximate surface area is 136 Å². The molecule has 124 valence electrons. The second-order valence-corrected chi connectivity index (χ2v) is 11.1. The zero-order valence-corrected chi connectivity index (χ0v) is 15.3. The number of hydrogen-bond donors (Lipinski definition) is 1. The van der Waals surface area contributed by atoms with Crippen LogP contribution < -0.4 is 4.72 Å². The lowest BCUT2D eigenvalue weighted by Gasteiger charge is -2.43. The fourth-order valence-corrected chi connectivity index (χ4v) is 5.29. The van der Waals surface area contributed by atoms with Gasteiger partial charge in [-0.25, -0.2) is 8.42 Å². The standard InChI is InChI=1S/C16H25NO3S2/c1-13-6-8-14(9-7-13)22(19,20)12-16(10-5-11-16)17-21(18)15(2,3)4/h6-9,17H,5,10-12H2,1-4H3. The van der Waals surface area contributed by atoms with Gasteiger partial charge in [0.2, 0.25) is 0 Å². The first-order chi connectivity index (χ1) is 10.0. The van der Waals surface area contributed by atoms with Crippen molar-refractivity contribution < 1.29 is 13.0 Å². The molecule has 1 atom stereocenters. The number of hydrogen-bond acceptors (Lipinski definition) is 4. The van der Waals surface area contributed by atoms with E-state index in [4.69, 9.17) is 0 Å². The Balaban J connectivity index is 2.17. The highest BCUT2D eigenvalue weighted by Crippen LogP contribution is 2.36. The molecule has 0 aromatic heterocycles. The van der Waals surface area contributed by atoms with Crippen LogP contribution in [0.1, 0.15) is 45.6 Å². The Morgan fingerprint density at radius 3 is 2.18 bits per heavy atom. The highest BCUT2D eigenvalue weighted by Gasteiger charge is 2.46. The number of nitrogens with one attached hydrogen (secondary N) is 1. The molecule has 0 heterocycles. The fourth-order valence-electron chi connectivity index (χ4n) is 2.42. The van der Waals surface area contributed by atoms with Crippen molar-refractivity contribution in [3.8, 4) is 0 Å². The van der Waals surface area contributed by atoms with Crippen LogP contribution in [0.2, 0.25) is 0 Å². The largest absolute Gasteiger partial charge is 0.598 e. The maximum Gasteiger partial charge on any atom is 0.180 e. The molecule has 0 amide bonds. The maximum atomic E-state index is 12.6. The van der Waals surface area contributed by atoms with Gasteiger partial charge >= 0.3 is 0 Å². The van der Waals surface area contributed by atoms with Crippen molar-refractivity contribution in [1.82, 2.24) is 4.72 Å². The minimum absolute atomic E-state index is 0.00484. The molecule has 0 spiro atoms. The second kappa shape index (κ2) is 6.15. The first-order valence-corrected chi connectivity index (χ1v) is 10.3. The molecule has 1 unspecified atom stereocenters. The van der Waals surface area contributed by atoms with Crippen LogP contribution in [-0.4, -0.2) is 29.0 Å². The van der Waals surface area contributed by atoms with Gasteiger partial charge in [-0.15, -0.1) is 4.72 Å². The van der Waals surface area contributed by atoms with E-state index in [-0.39, 0.29) is 5.75 Å². The van der Waals surface area contributed by atoms with E-state index in [2.05, 4.69) is 4.72 Å². The van der Waals surface area contributed by atoms with Crippen LogP contribution >= 0.6 is 0 Å². The summed E-state index contributed by atoms with van der Waals surface area (Å²) in [6.07, 6.45) is 2.47. The van der Waals surface area contributed by atoms with E-state index in [1.165, 1.54) is 0 Å². The number of rotatable bonds is 5. The molecule has 0 aliphatic heterocycles. The van der Waals surface area contributed by atoms with E-state index in [1.54, 1.807) is 24.3 Å². The summed E-state index contributed by atoms with van der Waals surface area (Å²) < 4.78 is 40.3. The maximum absolute atomic E-state index is 12.6. The summed E-state index contributed by atoms with van der Waals surface area (Å²) in [5, 5.41) is 0. The van der Waals surface area contributed by atoms with E-state index in [0.717, 1.165) is 24.8 Å². The van der Waals surface area contributed by atoms with Crippen molar-refractivity contribution in [1.29, 1.82) is 0 Å². The number of sulfone groups is 1. The van der Waals surface area contributed by atoms with Crippen LogP contribution in [0.15, 0.2) is 29.2 Å². The first kappa shape index (κ1) is 17.8. The van der Waals surface area contributed by atoms with Crippen molar-refractivity contribution in [3.63, 3.8) is 0 Å². The molecule has 4 nitrogen and oxygen atoms in total. The third kappa shape index (κ3) is 4.04. The van der Waals surface area contributed by atoms with Gasteiger partial charge < -0.3 is 4.55 Å². The molecule has 1 aromatic rings. The minimum atomic E-state index is -3.38. The molecule has 1 aliphatic carbocycles. The van der Waals surface area contributed by atoms with Gasteiger partial charge in [0.15, 0.2) is 9.84 Å². The van der Waals surface area contributed by atoms with Crippen molar-refractivity contribution in [3.05, 3.63) is 29.8 Å². The monoisotopic (exact) mass is 343 g/mol. The average molecular weight is 344 g/mol. The first-order valence-electron chi connectivity index (χ1n) is 7.53. The van der Waals surface area contributed by atoms with Gasteiger partial charge in [-0.3, -0.25) is 0 Å². The van der Waals surface area contributed by atoms with Gasteiger partial charge in [-0.05, 0) is 59.1 Å². The van der Waals surface area contributed by atoms with Crippen molar-refractivity contribution >= 4 is 21.2 Å². The molecular weight excluding hydrogens is 318 g/mol. The van der Waals surface area contributed by atoms with Crippen molar-refractivity contribution in [2.75, 3.05) is 5.75 Å². The molecule has 0 saturated heterocycles. The van der Waals surface area contributed by atoms with Crippen LogP contribution in [0.25, 0.3) is 0 Å². The molecule has 1 aliphatic rings. The zero-order chi connectivity index (χ0) is 16.6. The lowest BCUT2D eigenvalue weighted by molar-refractivity contribution is 0.248. The number of benzene rings is 1. The third-order valence-electron chi connectivity index (χ3n) is 4.02. The van der Waals surface area contributed by atoms with E-state index in [0.29, 0.717) is 4.90 Å². The van der Waals surface area contributed by atoms with Crippen LogP contribution in [0.4, 0.5) is 0 Å². The molecule has 1 aromatic carbocycles. The van der Waals surface area contributed by atoms with Crippen molar-refractivity contribution in [2.45, 2.75) is 62.1 Å². The van der Waals surface area contributed by atoms with Gasteiger partial charge in [-0.1, -0.05) is 17.7 Å². The second-order valence-electron chi connectivity index (χ2n) is 7.19. The van der Waals surface area contributed by atoms with Crippen LogP contribution in [0.5, 0.6) is 0 Å². The summed E-state index contributed by atoms with van der Waals surface area (Å²) in [6.45, 7) is 7.59. The molecule has 1 saturated carbocycles. The lowest BCUT2D eigenvalue weighted by Crippen LogP contribution is -2.60. The Hall–Kier alpha value is -0.560. The zero-order valence-electron chi connectivity index (χ0n) is 13.7. The average Bonchev–Trinajstić information content (AvgIpc) is 2.35. The molecular formula is C16H25NO3S2. The van der Waals surface area contributed by atoms with Gasteiger partial charge in [0.1, 0.15) is 4.75 Å². The van der Waals surface area contributed by atoms with Gasteiger partial charge in [0, 0.05) is 11.4 Å². The van der Waals surface area contributed by atoms with E-state index >= 15 is 0 Å². The summed E-state index contributed by atoms with van der Waals surface area (Å²) in [6, 6.07) is 6.91. The molecule has 1 fully saturated rings. The number of aryl methyl sites for hydroxylation is 1. The normalized spacial score (nSPS) is 19.5. The Morgan fingerprint density at radius 2 is 1.77 bits per heavy atom. The molecule has 1 N–H and O–H groups in total. The van der Waals surface area contributed by atoms with Crippen LogP contribution in [-0.2, 0) is 21.2 Å². The predicted molar refractivity (Wildman–Crippen MR) is 90.8 cm³/mol. The molecule has 0 radical (unpaired) electrons. The van der Waals surface area contributed by atoms with Crippen LogP contribution in [0, 0.1) is 6.92 Å². The van der Waals surface area contributed by atoms with Crippen molar-refractivity contribution in [2.24, 2.45) is 0 Å². The summed E-state index contributed by atoms with van der Waals surface area (Å²) in [5.41, 5.74) is 0.478. The van der Waals surface area contributed by atoms with Gasteiger partial charge in [0.05, 0.1) is 16.2 Å². The van der Waals surface area contributed by atoms with E-state index < -0.39 is 31.5 Å². The fraction of sp³-hybridized carbons (Fsp3) is 0.625. The third-order valence-corrected chi connectivity index (χ3v) is 7.68. The summed E-state index contributed by atoms with van der Waals surface area (Å²) in [5.74, 6) is 0.00484. The summed E-state index contributed by atoms with van der Waals surface area (Å²) in [4.78, 5) is 0.340. The topological polar surface area (TPSA) is 69.2 Å². The molecule has 6 heteroatoms. The summed E-state index contributed by atoms with van der Waals surface area (Å²) >= 11 is -1.26. The lowest BCUT2D eigenvalue weighted by atomic mass is 9.79. The predicted octanol–water partition coefficient (Wildman–Crippen LogP) is 2.74. The van der Waals surface area contributed by atoms with E-state index in [9.17, 15) is 13.0 Å². The van der Waals surface area contributed by atoms with Gasteiger partial charge in [-0.2, -0.15) is 0 Å². The molecule has 0 bridgehead atoms. The Kier molecular flexibility index (Phi) is 4.97. The smallest absolute Gasteiger partial charge is 0.180 e. The highest BCUT2D eigenvalue weighted by atomic mass is 32.2. The van der Waals surface area contributed by atoms with Crippen LogP contribution in [0.3, 0.4) is 0 Å². The quantitative estimate of drug-likeness (QED) is 0.835. The highest BCUT2D eigenvalue weighted by molar-refractivity contribution is 7.92. The Bertz CT molecular complexity index is 614. The SMILES string of the molecule is Cc1ccc(S(=O)(=O)CC2(N[S+]([O-])C(C)(C)C)CCC2)cc1. The summed E-state index contributed by atoms with van der Waals surface area (Å²) in [7, 11) is -3.38. The van der Waals surface area contributed by atoms with E-state index in [1.807, 2.05) is 27.7 Å². The molecule has 22 heavy (non-hydrogen) atoms.